The van der Waals surface area contributed by atoms with Crippen LogP contribution < -0.4 is 0 Å². The minimum atomic E-state index is -4.95. The van der Waals surface area contributed by atoms with Crippen molar-refractivity contribution in [2.45, 2.75) is 350 Å². The second-order valence-corrected chi connectivity index (χ2v) is 28.9. The zero-order valence-corrected chi connectivity index (χ0v) is 58.4. The lowest BCUT2D eigenvalue weighted by molar-refractivity contribution is -0.161. The molecule has 0 saturated heterocycles. The molecule has 0 aromatic carbocycles. The normalized spacial score (nSPS) is 15.0. The van der Waals surface area contributed by atoms with E-state index in [0.717, 1.165) is 126 Å². The van der Waals surface area contributed by atoms with Crippen molar-refractivity contribution < 1.29 is 80.2 Å². The molecule has 19 heteroatoms. The monoisotopic (exact) mass is 1280 g/mol. The zero-order chi connectivity index (χ0) is 64.7. The maximum absolute atomic E-state index is 13.0. The molecule has 0 fully saturated rings. The third-order valence-corrected chi connectivity index (χ3v) is 18.2. The molecule has 0 amide bonds. The summed E-state index contributed by atoms with van der Waals surface area (Å²) in [5.41, 5.74) is 0. The predicted octanol–water partition coefficient (Wildman–Crippen LogP) is 18.9. The van der Waals surface area contributed by atoms with Crippen LogP contribution in [-0.4, -0.2) is 96.7 Å². The first-order valence-electron chi connectivity index (χ1n) is 35.3. The number of phosphoric ester groups is 2. The van der Waals surface area contributed by atoms with Crippen LogP contribution in [0.1, 0.15) is 331 Å². The standard InChI is InChI=1S/C68H132O17P2/c1-9-60(7)46-38-30-24-26-32-40-48-65(70)78-54-63(84-67(72)50-42-34-22-18-13-11-12-16-20-28-36-44-58(3)4)56-82-86(74,75)80-52-62(69)53-81-87(76,77)83-57-64(55-79-66(71)49-41-33-27-25-31-39-47-61(8)10-2)85-68(73)51-43-35-23-19-15-14-17-21-29-37-45-59(5)6/h58-64,69H,9-57H2,1-8H3,(H,74,75)(H,76,77)/t60?,61?,62-,63-,64-/m1/s1. The lowest BCUT2D eigenvalue weighted by Gasteiger charge is -2.21. The molecule has 0 aromatic rings. The molecule has 0 rings (SSSR count). The van der Waals surface area contributed by atoms with Gasteiger partial charge in [0, 0.05) is 25.7 Å². The number of carbonyl (C=O) groups is 4. The molecule has 0 aromatic heterocycles. The van der Waals surface area contributed by atoms with E-state index in [1.165, 1.54) is 122 Å². The van der Waals surface area contributed by atoms with Crippen molar-refractivity contribution in [3.05, 3.63) is 0 Å². The Morgan fingerprint density at radius 1 is 0.322 bits per heavy atom. The quantitative estimate of drug-likeness (QED) is 0.0222. The van der Waals surface area contributed by atoms with Crippen molar-refractivity contribution in [3.8, 4) is 0 Å². The van der Waals surface area contributed by atoms with Crippen molar-refractivity contribution in [2.24, 2.45) is 23.7 Å². The van der Waals surface area contributed by atoms with Crippen LogP contribution in [0, 0.1) is 23.7 Å². The number of esters is 4. The number of unbranched alkanes of at least 4 members (excludes halogenated alkanes) is 29. The summed E-state index contributed by atoms with van der Waals surface area (Å²) in [7, 11) is -9.90. The topological polar surface area (TPSA) is 237 Å². The van der Waals surface area contributed by atoms with Crippen LogP contribution in [-0.2, 0) is 65.4 Å². The van der Waals surface area contributed by atoms with Crippen LogP contribution in [0.25, 0.3) is 0 Å². The Bertz CT molecular complexity index is 1730. The second kappa shape index (κ2) is 57.9. The van der Waals surface area contributed by atoms with Gasteiger partial charge in [-0.1, -0.05) is 280 Å². The first-order valence-corrected chi connectivity index (χ1v) is 38.3. The summed E-state index contributed by atoms with van der Waals surface area (Å²) in [6, 6.07) is 0. The molecule has 4 unspecified atom stereocenters. The number of carbonyl (C=O) groups excluding carboxylic acids is 4. The molecule has 7 atom stereocenters. The highest BCUT2D eigenvalue weighted by atomic mass is 31.2. The van der Waals surface area contributed by atoms with E-state index in [1.54, 1.807) is 0 Å². The molecule has 0 saturated carbocycles. The van der Waals surface area contributed by atoms with Crippen molar-refractivity contribution in [2.75, 3.05) is 39.6 Å². The minimum absolute atomic E-state index is 0.104. The zero-order valence-electron chi connectivity index (χ0n) is 56.6. The molecule has 87 heavy (non-hydrogen) atoms. The Balaban J connectivity index is 5.27. The molecule has 0 bridgehead atoms. The van der Waals surface area contributed by atoms with Gasteiger partial charge in [-0.2, -0.15) is 0 Å². The number of ether oxygens (including phenoxy) is 4. The summed E-state index contributed by atoms with van der Waals surface area (Å²) >= 11 is 0. The van der Waals surface area contributed by atoms with Crippen molar-refractivity contribution in [1.82, 2.24) is 0 Å². The van der Waals surface area contributed by atoms with Crippen LogP contribution in [0.15, 0.2) is 0 Å². The van der Waals surface area contributed by atoms with Gasteiger partial charge in [0.05, 0.1) is 26.4 Å². The average molecular weight is 1280 g/mol. The van der Waals surface area contributed by atoms with E-state index in [1.807, 2.05) is 0 Å². The summed E-state index contributed by atoms with van der Waals surface area (Å²) in [6.07, 6.45) is 38.9. The Kier molecular flexibility index (Phi) is 56.6. The Labute approximate surface area is 530 Å². The van der Waals surface area contributed by atoms with Crippen molar-refractivity contribution in [3.63, 3.8) is 0 Å². The molecule has 0 aliphatic heterocycles. The number of phosphoric acid groups is 2. The van der Waals surface area contributed by atoms with Gasteiger partial charge in [0.2, 0.25) is 0 Å². The van der Waals surface area contributed by atoms with Gasteiger partial charge in [-0.3, -0.25) is 37.3 Å². The smallest absolute Gasteiger partial charge is 0.462 e. The Morgan fingerprint density at radius 2 is 0.552 bits per heavy atom. The highest BCUT2D eigenvalue weighted by Crippen LogP contribution is 2.45. The molecule has 0 radical (unpaired) electrons. The van der Waals surface area contributed by atoms with E-state index in [9.17, 15) is 43.2 Å². The number of hydrogen-bond donors (Lipinski definition) is 3. The van der Waals surface area contributed by atoms with E-state index >= 15 is 0 Å². The van der Waals surface area contributed by atoms with Gasteiger partial charge >= 0.3 is 39.5 Å². The average Bonchev–Trinajstić information content (AvgIpc) is 3.64. The summed E-state index contributed by atoms with van der Waals surface area (Å²) in [5.74, 6) is 0.845. The van der Waals surface area contributed by atoms with Gasteiger partial charge in [-0.25, -0.2) is 9.13 Å². The number of rotatable bonds is 65. The highest BCUT2D eigenvalue weighted by Gasteiger charge is 2.30. The van der Waals surface area contributed by atoms with Crippen molar-refractivity contribution in [1.29, 1.82) is 0 Å². The summed E-state index contributed by atoms with van der Waals surface area (Å²) < 4.78 is 68.2. The van der Waals surface area contributed by atoms with Gasteiger partial charge in [-0.05, 0) is 49.4 Å². The van der Waals surface area contributed by atoms with Crippen molar-refractivity contribution >= 4 is 39.5 Å². The summed E-state index contributed by atoms with van der Waals surface area (Å²) in [6.45, 7) is 14.0. The maximum Gasteiger partial charge on any atom is 0.472 e. The van der Waals surface area contributed by atoms with E-state index in [0.29, 0.717) is 25.7 Å². The van der Waals surface area contributed by atoms with E-state index in [2.05, 4.69) is 55.4 Å². The van der Waals surface area contributed by atoms with Crippen LogP contribution in [0.3, 0.4) is 0 Å². The van der Waals surface area contributed by atoms with Gasteiger partial charge in [0.15, 0.2) is 12.2 Å². The fourth-order valence-electron chi connectivity index (χ4n) is 10.1. The highest BCUT2D eigenvalue weighted by molar-refractivity contribution is 7.47. The SMILES string of the molecule is CCC(C)CCCCCCCCC(=O)OC[C@H](COP(=O)(O)OC[C@@H](O)COP(=O)(O)OC[C@@H](COC(=O)CCCCCCCCC(C)CC)OC(=O)CCCCCCCCCCCCC(C)C)OC(=O)CCCCCCCCCCCCCC(C)C. The molecule has 0 aliphatic rings. The third-order valence-electron chi connectivity index (χ3n) is 16.3. The summed E-state index contributed by atoms with van der Waals surface area (Å²) in [5, 5.41) is 10.6. The molecule has 17 nitrogen and oxygen atoms in total. The molecule has 516 valence electrons. The van der Waals surface area contributed by atoms with Gasteiger partial charge in [0.1, 0.15) is 19.3 Å². The molecule has 0 aliphatic carbocycles. The second-order valence-electron chi connectivity index (χ2n) is 26.0. The van der Waals surface area contributed by atoms with Crippen LogP contribution in [0.4, 0.5) is 0 Å². The third kappa shape index (κ3) is 60.1. The largest absolute Gasteiger partial charge is 0.472 e. The molecular weight excluding hydrogens is 1150 g/mol. The van der Waals surface area contributed by atoms with Gasteiger partial charge < -0.3 is 33.8 Å². The fourth-order valence-corrected chi connectivity index (χ4v) is 11.7. The lowest BCUT2D eigenvalue weighted by Crippen LogP contribution is -2.30. The molecule has 0 spiro atoms. The number of aliphatic hydroxyl groups is 1. The minimum Gasteiger partial charge on any atom is -0.462 e. The molecular formula is C68H132O17P2. The fraction of sp³-hybridized carbons (Fsp3) is 0.941. The molecule has 3 N–H and O–H groups in total. The first kappa shape index (κ1) is 85.1. The molecule has 0 heterocycles. The van der Waals surface area contributed by atoms with E-state index < -0.39 is 97.5 Å². The van der Waals surface area contributed by atoms with Gasteiger partial charge in [-0.15, -0.1) is 0 Å². The van der Waals surface area contributed by atoms with E-state index in [-0.39, 0.29) is 25.7 Å². The van der Waals surface area contributed by atoms with E-state index in [4.69, 9.17) is 37.0 Å². The first-order chi connectivity index (χ1) is 41.7. The van der Waals surface area contributed by atoms with Crippen LogP contribution in [0.2, 0.25) is 0 Å². The summed E-state index contributed by atoms with van der Waals surface area (Å²) in [4.78, 5) is 72.4. The maximum atomic E-state index is 13.0. The Morgan fingerprint density at radius 3 is 0.816 bits per heavy atom. The number of hydrogen-bond acceptors (Lipinski definition) is 15. The Hall–Kier alpha value is -1.94. The van der Waals surface area contributed by atoms with Gasteiger partial charge in [0.25, 0.3) is 0 Å². The lowest BCUT2D eigenvalue weighted by atomic mass is 10.00. The van der Waals surface area contributed by atoms with Crippen LogP contribution >= 0.6 is 15.6 Å². The predicted molar refractivity (Wildman–Crippen MR) is 349 cm³/mol. The number of aliphatic hydroxyl groups excluding tert-OH is 1. The van der Waals surface area contributed by atoms with Crippen LogP contribution in [0.5, 0.6) is 0 Å².